The van der Waals surface area contributed by atoms with Gasteiger partial charge in [0.1, 0.15) is 5.57 Å². The molecule has 0 radical (unpaired) electrons. The van der Waals surface area contributed by atoms with E-state index in [1.165, 1.54) is 19.3 Å². The lowest BCUT2D eigenvalue weighted by Crippen LogP contribution is -2.35. The van der Waals surface area contributed by atoms with Gasteiger partial charge in [-0.1, -0.05) is 12.1 Å². The Bertz CT molecular complexity index is 999. The average molecular weight is 369 g/mol. The van der Waals surface area contributed by atoms with E-state index >= 15 is 0 Å². The van der Waals surface area contributed by atoms with Gasteiger partial charge in [-0.25, -0.2) is 5.01 Å². The minimum atomic E-state index is -0.782. The molecule has 0 unspecified atom stereocenters. The van der Waals surface area contributed by atoms with Crippen LogP contribution in [0.4, 0.5) is 11.4 Å². The van der Waals surface area contributed by atoms with Crippen LogP contribution in [-0.2, 0) is 9.59 Å². The number of ether oxygens (including phenoxy) is 1. The zero-order valence-electron chi connectivity index (χ0n) is 14.4. The highest BCUT2D eigenvalue weighted by atomic mass is 16.6. The number of carbonyl (C=O) groups excluding carboxylic acids is 2. The number of phenolic OH excluding ortho intramolecular Hbond substituents is 1. The second-order valence-electron chi connectivity index (χ2n) is 5.83. The molecule has 2 N–H and O–H groups in total. The molecule has 1 fully saturated rings. The van der Waals surface area contributed by atoms with Gasteiger partial charge in [-0.15, -0.1) is 0 Å². The van der Waals surface area contributed by atoms with E-state index in [-0.39, 0.29) is 16.9 Å². The van der Waals surface area contributed by atoms with Crippen molar-refractivity contribution in [3.63, 3.8) is 0 Å². The number of nitrogens with one attached hydrogen (secondary N) is 1. The second kappa shape index (κ2) is 6.79. The van der Waals surface area contributed by atoms with Crippen molar-refractivity contribution in [1.29, 1.82) is 0 Å². The van der Waals surface area contributed by atoms with Crippen LogP contribution >= 0.6 is 0 Å². The van der Waals surface area contributed by atoms with Crippen LogP contribution in [-0.4, -0.2) is 29.0 Å². The Morgan fingerprint density at radius 2 is 2.00 bits per heavy atom. The number of nitrogens with zero attached hydrogens (tertiary/aromatic N) is 2. The number of hydrogen-bond donors (Lipinski definition) is 2. The fourth-order valence-electron chi connectivity index (χ4n) is 2.66. The van der Waals surface area contributed by atoms with Gasteiger partial charge < -0.3 is 9.84 Å². The number of phenols is 1. The van der Waals surface area contributed by atoms with E-state index < -0.39 is 28.2 Å². The summed E-state index contributed by atoms with van der Waals surface area (Å²) in [4.78, 5) is 35.2. The van der Waals surface area contributed by atoms with Crippen molar-refractivity contribution in [2.24, 2.45) is 0 Å². The molecular weight excluding hydrogens is 354 g/mol. The van der Waals surface area contributed by atoms with Crippen molar-refractivity contribution in [1.82, 2.24) is 5.43 Å². The summed E-state index contributed by atoms with van der Waals surface area (Å²) in [5, 5.41) is 22.0. The van der Waals surface area contributed by atoms with Gasteiger partial charge in [0.15, 0.2) is 5.75 Å². The van der Waals surface area contributed by atoms with E-state index in [1.807, 2.05) is 13.0 Å². The molecule has 0 bridgehead atoms. The largest absolute Gasteiger partial charge is 0.500 e. The lowest BCUT2D eigenvalue weighted by atomic mass is 10.1. The van der Waals surface area contributed by atoms with E-state index in [4.69, 9.17) is 4.74 Å². The molecule has 1 saturated heterocycles. The van der Waals surface area contributed by atoms with Gasteiger partial charge in [0, 0.05) is 6.07 Å². The summed E-state index contributed by atoms with van der Waals surface area (Å²) in [6, 6.07) is 9.36. The zero-order valence-corrected chi connectivity index (χ0v) is 14.4. The Morgan fingerprint density at radius 1 is 1.26 bits per heavy atom. The molecule has 1 aliphatic heterocycles. The molecule has 138 valence electrons. The van der Waals surface area contributed by atoms with Gasteiger partial charge in [-0.05, 0) is 42.3 Å². The number of aryl methyl sites for hydroxylation is 1. The lowest BCUT2D eigenvalue weighted by Gasteiger charge is -2.14. The van der Waals surface area contributed by atoms with Gasteiger partial charge >= 0.3 is 5.69 Å². The summed E-state index contributed by atoms with van der Waals surface area (Å²) in [5.74, 6) is -2.01. The fraction of sp³-hybridized carbons (Fsp3) is 0.111. The third kappa shape index (κ3) is 3.30. The number of aromatic hydroxyl groups is 1. The molecule has 0 aromatic heterocycles. The number of methoxy groups -OCH3 is 1. The van der Waals surface area contributed by atoms with Crippen molar-refractivity contribution in [3.05, 3.63) is 63.2 Å². The van der Waals surface area contributed by atoms with Crippen molar-refractivity contribution in [2.75, 3.05) is 12.1 Å². The molecular formula is C18H15N3O6. The lowest BCUT2D eigenvalue weighted by molar-refractivity contribution is -0.386. The first-order valence-electron chi connectivity index (χ1n) is 7.81. The van der Waals surface area contributed by atoms with Crippen LogP contribution in [0.5, 0.6) is 11.5 Å². The Morgan fingerprint density at radius 3 is 2.63 bits per heavy atom. The van der Waals surface area contributed by atoms with Crippen molar-refractivity contribution in [3.8, 4) is 11.5 Å². The van der Waals surface area contributed by atoms with Gasteiger partial charge in [0.05, 0.1) is 17.7 Å². The highest BCUT2D eigenvalue weighted by molar-refractivity contribution is 6.31. The topological polar surface area (TPSA) is 122 Å². The molecule has 3 rings (SSSR count). The number of nitro benzene ring substituents is 1. The van der Waals surface area contributed by atoms with Crippen LogP contribution in [0, 0.1) is 17.0 Å². The molecule has 1 aliphatic rings. The second-order valence-corrected chi connectivity index (χ2v) is 5.83. The van der Waals surface area contributed by atoms with Crippen LogP contribution in [0.2, 0.25) is 0 Å². The van der Waals surface area contributed by atoms with E-state index in [2.05, 4.69) is 5.43 Å². The van der Waals surface area contributed by atoms with Crippen LogP contribution in [0.3, 0.4) is 0 Å². The Balaban J connectivity index is 2.02. The first-order valence-corrected chi connectivity index (χ1v) is 7.81. The summed E-state index contributed by atoms with van der Waals surface area (Å²) in [7, 11) is 1.24. The minimum absolute atomic E-state index is 0.141. The standard InChI is InChI=1S/C18H15N3O6/c1-10-4-3-5-12(6-10)20-18(24)13(17(23)19-20)7-11-8-14(21(25)26)16(22)15(9-11)27-2/h3-9,22H,1-2H3,(H,19,23)/b13-7-. The first kappa shape index (κ1) is 17.9. The maximum atomic E-state index is 12.6. The summed E-state index contributed by atoms with van der Waals surface area (Å²) in [6.45, 7) is 1.85. The average Bonchev–Trinajstić information content (AvgIpc) is 2.91. The molecule has 0 aliphatic carbocycles. The smallest absolute Gasteiger partial charge is 0.315 e. The highest BCUT2D eigenvalue weighted by Gasteiger charge is 2.34. The van der Waals surface area contributed by atoms with Crippen LogP contribution in [0.1, 0.15) is 11.1 Å². The fourth-order valence-corrected chi connectivity index (χ4v) is 2.66. The number of amides is 2. The minimum Gasteiger partial charge on any atom is -0.500 e. The van der Waals surface area contributed by atoms with Crippen LogP contribution < -0.4 is 15.2 Å². The van der Waals surface area contributed by atoms with E-state index in [0.717, 1.165) is 16.6 Å². The van der Waals surface area contributed by atoms with Crippen molar-refractivity contribution < 1.29 is 24.4 Å². The third-order valence-corrected chi connectivity index (χ3v) is 3.96. The van der Waals surface area contributed by atoms with Crippen LogP contribution in [0.25, 0.3) is 6.08 Å². The molecule has 27 heavy (non-hydrogen) atoms. The molecule has 2 amide bonds. The maximum absolute atomic E-state index is 12.6. The van der Waals surface area contributed by atoms with Crippen molar-refractivity contribution >= 4 is 29.3 Å². The summed E-state index contributed by atoms with van der Waals surface area (Å²) in [5.41, 5.74) is 3.23. The highest BCUT2D eigenvalue weighted by Crippen LogP contribution is 2.37. The van der Waals surface area contributed by atoms with E-state index in [0.29, 0.717) is 5.69 Å². The Kier molecular flexibility index (Phi) is 4.51. The Labute approximate surface area is 153 Å². The number of anilines is 1. The predicted molar refractivity (Wildman–Crippen MR) is 96.1 cm³/mol. The molecule has 0 saturated carbocycles. The third-order valence-electron chi connectivity index (χ3n) is 3.96. The summed E-state index contributed by atoms with van der Waals surface area (Å²) >= 11 is 0. The molecule has 2 aromatic rings. The summed E-state index contributed by atoms with van der Waals surface area (Å²) in [6.07, 6.45) is 1.21. The van der Waals surface area contributed by atoms with E-state index in [9.17, 15) is 24.8 Å². The quantitative estimate of drug-likeness (QED) is 0.368. The van der Waals surface area contributed by atoms with Crippen LogP contribution in [0.15, 0.2) is 42.0 Å². The maximum Gasteiger partial charge on any atom is 0.315 e. The van der Waals surface area contributed by atoms with Gasteiger partial charge in [0.25, 0.3) is 11.8 Å². The number of carbonyl (C=O) groups is 2. The number of rotatable bonds is 4. The molecule has 1 heterocycles. The SMILES string of the molecule is COc1cc(/C=C2/C(=O)NN(c3cccc(C)c3)C2=O)cc([N+](=O)[O-])c1O. The molecule has 9 heteroatoms. The molecule has 9 nitrogen and oxygen atoms in total. The summed E-state index contributed by atoms with van der Waals surface area (Å²) < 4.78 is 4.92. The number of nitro groups is 1. The number of hydrogen-bond acceptors (Lipinski definition) is 6. The number of benzene rings is 2. The zero-order chi connectivity index (χ0) is 19.7. The molecule has 0 spiro atoms. The van der Waals surface area contributed by atoms with Gasteiger partial charge in [0.2, 0.25) is 5.75 Å². The van der Waals surface area contributed by atoms with Gasteiger partial charge in [-0.3, -0.25) is 25.1 Å². The number of hydrazine groups is 1. The van der Waals surface area contributed by atoms with E-state index in [1.54, 1.807) is 18.2 Å². The molecule has 0 atom stereocenters. The van der Waals surface area contributed by atoms with Gasteiger partial charge in [-0.2, -0.15) is 0 Å². The first-order chi connectivity index (χ1) is 12.8. The normalized spacial score (nSPS) is 15.2. The molecule has 2 aromatic carbocycles. The van der Waals surface area contributed by atoms with Crippen molar-refractivity contribution in [2.45, 2.75) is 6.92 Å². The predicted octanol–water partition coefficient (Wildman–Crippen LogP) is 2.08. The Hall–Kier alpha value is -3.88. The monoisotopic (exact) mass is 369 g/mol.